The standard InChI is InChI=1S/C20H18F3N5/c1-12(2)24-19-26-18(16-10-9-13(21)5-4-8-17(16)23)27-20(28-19)25-15-7-3-6-14(22)11-15/h3-8,11-13,16H,1-2H3,(H2,24,25,26,27,28)/b5-4-,17-8?. The van der Waals surface area contributed by atoms with Gasteiger partial charge in [-0.15, -0.1) is 0 Å². The van der Waals surface area contributed by atoms with Crippen molar-refractivity contribution < 1.29 is 13.2 Å². The third-order valence-electron chi connectivity index (χ3n) is 3.59. The maximum Gasteiger partial charge on any atom is 0.232 e. The Balaban J connectivity index is 2.02. The SMILES string of the molecule is CC(C)Nc1nc(Nc2cccc(F)c2)nc(C2C#CC(F)/C=C\C=C2F)n1. The predicted octanol–water partition coefficient (Wildman–Crippen LogP) is 4.42. The quantitative estimate of drug-likeness (QED) is 0.746. The van der Waals surface area contributed by atoms with Gasteiger partial charge in [0.2, 0.25) is 11.9 Å². The number of alkyl halides is 1. The molecule has 144 valence electrons. The number of nitrogens with zero attached hydrogens (tertiary/aromatic N) is 3. The van der Waals surface area contributed by atoms with Gasteiger partial charge in [0.1, 0.15) is 17.6 Å². The number of halogens is 3. The topological polar surface area (TPSA) is 62.7 Å². The number of aromatic nitrogens is 3. The lowest BCUT2D eigenvalue weighted by Crippen LogP contribution is -2.17. The molecule has 0 aliphatic heterocycles. The minimum Gasteiger partial charge on any atom is -0.352 e. The largest absolute Gasteiger partial charge is 0.352 e. The van der Waals surface area contributed by atoms with Gasteiger partial charge in [0, 0.05) is 11.7 Å². The molecule has 0 bridgehead atoms. The zero-order valence-electron chi connectivity index (χ0n) is 15.2. The van der Waals surface area contributed by atoms with Crippen molar-refractivity contribution in [3.63, 3.8) is 0 Å². The molecule has 1 aromatic heterocycles. The van der Waals surface area contributed by atoms with E-state index in [4.69, 9.17) is 0 Å². The first-order valence-corrected chi connectivity index (χ1v) is 8.65. The molecule has 2 N–H and O–H groups in total. The highest BCUT2D eigenvalue weighted by Crippen LogP contribution is 2.26. The highest BCUT2D eigenvalue weighted by atomic mass is 19.1. The molecule has 3 rings (SSSR count). The molecular formula is C20H18F3N5. The van der Waals surface area contributed by atoms with Crippen LogP contribution in [0.15, 0.2) is 48.3 Å². The third-order valence-corrected chi connectivity index (χ3v) is 3.59. The van der Waals surface area contributed by atoms with Crippen molar-refractivity contribution in [3.8, 4) is 11.8 Å². The molecule has 0 amide bonds. The Hall–Kier alpha value is -3.34. The zero-order valence-corrected chi connectivity index (χ0v) is 15.2. The Morgan fingerprint density at radius 3 is 2.61 bits per heavy atom. The van der Waals surface area contributed by atoms with E-state index in [1.165, 1.54) is 24.3 Å². The summed E-state index contributed by atoms with van der Waals surface area (Å²) in [5, 5.41) is 5.89. The zero-order chi connectivity index (χ0) is 20.1. The van der Waals surface area contributed by atoms with Crippen LogP contribution in [0.2, 0.25) is 0 Å². The summed E-state index contributed by atoms with van der Waals surface area (Å²) in [4.78, 5) is 12.7. The van der Waals surface area contributed by atoms with E-state index in [2.05, 4.69) is 37.4 Å². The molecule has 1 aromatic carbocycles. The number of allylic oxidation sites excluding steroid dienone is 4. The molecular weight excluding hydrogens is 367 g/mol. The van der Waals surface area contributed by atoms with E-state index < -0.39 is 23.7 Å². The highest BCUT2D eigenvalue weighted by Gasteiger charge is 2.21. The Kier molecular flexibility index (Phi) is 5.94. The lowest BCUT2D eigenvalue weighted by Gasteiger charge is -2.14. The van der Waals surface area contributed by atoms with Crippen LogP contribution in [-0.4, -0.2) is 27.2 Å². The molecule has 1 heterocycles. The number of rotatable bonds is 5. The van der Waals surface area contributed by atoms with E-state index in [-0.39, 0.29) is 23.8 Å². The van der Waals surface area contributed by atoms with E-state index in [1.807, 2.05) is 13.8 Å². The number of anilines is 3. The van der Waals surface area contributed by atoms with E-state index in [0.717, 1.165) is 12.2 Å². The molecule has 0 saturated carbocycles. The molecule has 28 heavy (non-hydrogen) atoms. The summed E-state index contributed by atoms with van der Waals surface area (Å²) in [6.45, 7) is 3.77. The molecule has 0 radical (unpaired) electrons. The fraction of sp³-hybridized carbons (Fsp3) is 0.250. The molecule has 2 atom stereocenters. The van der Waals surface area contributed by atoms with Crippen LogP contribution in [0.5, 0.6) is 0 Å². The number of benzene rings is 1. The van der Waals surface area contributed by atoms with Crippen molar-refractivity contribution in [2.24, 2.45) is 0 Å². The summed E-state index contributed by atoms with van der Waals surface area (Å²) < 4.78 is 41.5. The average Bonchev–Trinajstić information content (AvgIpc) is 2.60. The Bertz CT molecular complexity index is 975. The normalized spacial score (nSPS) is 19.7. The van der Waals surface area contributed by atoms with Gasteiger partial charge in [-0.3, -0.25) is 0 Å². The first-order chi connectivity index (χ1) is 13.4. The molecule has 0 spiro atoms. The second-order valence-electron chi connectivity index (χ2n) is 6.34. The molecule has 0 fully saturated rings. The summed E-state index contributed by atoms with van der Waals surface area (Å²) in [6.07, 6.45) is 2.04. The monoisotopic (exact) mass is 385 g/mol. The van der Waals surface area contributed by atoms with E-state index >= 15 is 0 Å². The van der Waals surface area contributed by atoms with Gasteiger partial charge in [-0.25, -0.2) is 13.2 Å². The average molecular weight is 385 g/mol. The molecule has 2 unspecified atom stereocenters. The number of hydrogen-bond acceptors (Lipinski definition) is 5. The fourth-order valence-electron chi connectivity index (χ4n) is 2.40. The van der Waals surface area contributed by atoms with Crippen molar-refractivity contribution in [1.29, 1.82) is 0 Å². The number of hydrogen-bond donors (Lipinski definition) is 2. The van der Waals surface area contributed by atoms with Crippen LogP contribution >= 0.6 is 0 Å². The molecule has 2 aromatic rings. The first-order valence-electron chi connectivity index (χ1n) is 8.65. The summed E-state index contributed by atoms with van der Waals surface area (Å²) in [5.41, 5.74) is 0.416. The lowest BCUT2D eigenvalue weighted by atomic mass is 10.1. The summed E-state index contributed by atoms with van der Waals surface area (Å²) in [7, 11) is 0. The molecule has 0 saturated heterocycles. The fourth-order valence-corrected chi connectivity index (χ4v) is 2.40. The van der Waals surface area contributed by atoms with Gasteiger partial charge in [0.25, 0.3) is 0 Å². The maximum atomic E-state index is 14.5. The Labute approximate surface area is 160 Å². The van der Waals surface area contributed by atoms with Crippen LogP contribution in [0.25, 0.3) is 0 Å². The first kappa shape index (κ1) is 19.4. The third kappa shape index (κ3) is 5.10. The van der Waals surface area contributed by atoms with Crippen molar-refractivity contribution in [3.05, 3.63) is 60.0 Å². The smallest absolute Gasteiger partial charge is 0.232 e. The lowest BCUT2D eigenvalue weighted by molar-refractivity contribution is 0.480. The van der Waals surface area contributed by atoms with Crippen molar-refractivity contribution in [2.45, 2.75) is 32.0 Å². The van der Waals surface area contributed by atoms with Crippen molar-refractivity contribution in [2.75, 3.05) is 10.6 Å². The summed E-state index contributed by atoms with van der Waals surface area (Å²) in [6, 6.07) is 5.74. The van der Waals surface area contributed by atoms with Crippen LogP contribution in [-0.2, 0) is 0 Å². The van der Waals surface area contributed by atoms with E-state index in [0.29, 0.717) is 5.69 Å². The molecule has 8 heteroatoms. The van der Waals surface area contributed by atoms with E-state index in [1.54, 1.807) is 6.07 Å². The van der Waals surface area contributed by atoms with Crippen molar-refractivity contribution in [1.82, 2.24) is 15.0 Å². The van der Waals surface area contributed by atoms with Gasteiger partial charge in [-0.2, -0.15) is 15.0 Å². The van der Waals surface area contributed by atoms with Gasteiger partial charge in [-0.1, -0.05) is 24.0 Å². The van der Waals surface area contributed by atoms with Crippen LogP contribution in [0, 0.1) is 17.7 Å². The predicted molar refractivity (Wildman–Crippen MR) is 102 cm³/mol. The second-order valence-corrected chi connectivity index (χ2v) is 6.34. The van der Waals surface area contributed by atoms with Gasteiger partial charge < -0.3 is 10.6 Å². The van der Waals surface area contributed by atoms with Gasteiger partial charge in [0.05, 0.1) is 0 Å². The molecule has 1 aliphatic carbocycles. The number of nitrogens with one attached hydrogen (secondary N) is 2. The Morgan fingerprint density at radius 1 is 1.07 bits per heavy atom. The van der Waals surface area contributed by atoms with Crippen LogP contribution in [0.1, 0.15) is 25.6 Å². The van der Waals surface area contributed by atoms with Crippen LogP contribution in [0.4, 0.5) is 30.8 Å². The minimum absolute atomic E-state index is 0.000711. The Morgan fingerprint density at radius 2 is 1.86 bits per heavy atom. The minimum atomic E-state index is -1.51. The van der Waals surface area contributed by atoms with Crippen LogP contribution < -0.4 is 10.6 Å². The maximum absolute atomic E-state index is 14.5. The second kappa shape index (κ2) is 8.57. The van der Waals surface area contributed by atoms with Crippen molar-refractivity contribution >= 4 is 17.6 Å². The van der Waals surface area contributed by atoms with Crippen LogP contribution in [0.3, 0.4) is 0 Å². The van der Waals surface area contributed by atoms with Gasteiger partial charge in [0.15, 0.2) is 12.0 Å². The molecule has 5 nitrogen and oxygen atoms in total. The summed E-state index contributed by atoms with van der Waals surface area (Å²) in [5.74, 6) is 2.96. The van der Waals surface area contributed by atoms with Gasteiger partial charge >= 0.3 is 0 Å². The summed E-state index contributed by atoms with van der Waals surface area (Å²) >= 11 is 0. The van der Waals surface area contributed by atoms with E-state index in [9.17, 15) is 13.2 Å². The molecule has 1 aliphatic rings. The highest BCUT2D eigenvalue weighted by molar-refractivity contribution is 5.54. The van der Waals surface area contributed by atoms with Gasteiger partial charge in [-0.05, 0) is 44.2 Å².